The minimum Gasteiger partial charge on any atom is -0.318 e. The monoisotopic (exact) mass is 455 g/mol. The number of amides is 1. The highest BCUT2D eigenvalue weighted by molar-refractivity contribution is 7.92. The molecule has 0 spiro atoms. The third-order valence-corrected chi connectivity index (χ3v) is 7.20. The maximum atomic E-state index is 12.6. The summed E-state index contributed by atoms with van der Waals surface area (Å²) >= 11 is 0.731. The normalized spacial score (nSPS) is 11.9. The number of nitriles is 1. The molecule has 3 rings (SSSR count). The van der Waals surface area contributed by atoms with Crippen LogP contribution >= 0.6 is 11.3 Å². The number of aromatic nitrogens is 3. The zero-order valence-electron chi connectivity index (χ0n) is 17.5. The molecular formula is C21H21N5O3S2. The Labute approximate surface area is 184 Å². The number of rotatable bonds is 6. The number of anilines is 1. The maximum Gasteiger partial charge on any atom is 0.268 e. The molecule has 1 aromatic carbocycles. The number of sulfone groups is 1. The molecule has 160 valence electrons. The number of benzene rings is 1. The minimum absolute atomic E-state index is 0.00826. The van der Waals surface area contributed by atoms with E-state index in [4.69, 9.17) is 0 Å². The van der Waals surface area contributed by atoms with Crippen LogP contribution in [0.25, 0.3) is 11.8 Å². The molecule has 1 amide bonds. The molecule has 0 aliphatic rings. The van der Waals surface area contributed by atoms with Crippen molar-refractivity contribution in [1.29, 1.82) is 5.26 Å². The summed E-state index contributed by atoms with van der Waals surface area (Å²) in [5.74, 6) is -0.683. The van der Waals surface area contributed by atoms with E-state index in [1.165, 1.54) is 11.6 Å². The highest BCUT2D eigenvalue weighted by Crippen LogP contribution is 2.26. The van der Waals surface area contributed by atoms with Crippen LogP contribution in [-0.4, -0.2) is 35.3 Å². The fourth-order valence-corrected chi connectivity index (χ4v) is 4.71. The van der Waals surface area contributed by atoms with Crippen LogP contribution in [0.3, 0.4) is 0 Å². The summed E-state index contributed by atoms with van der Waals surface area (Å²) in [6.45, 7) is 5.99. The summed E-state index contributed by atoms with van der Waals surface area (Å²) in [6.07, 6.45) is 3.40. The van der Waals surface area contributed by atoms with E-state index in [0.717, 1.165) is 46.7 Å². The van der Waals surface area contributed by atoms with E-state index in [1.54, 1.807) is 0 Å². The molecule has 0 aliphatic carbocycles. The molecule has 2 heterocycles. The van der Waals surface area contributed by atoms with E-state index in [9.17, 15) is 18.5 Å². The molecule has 2 aromatic heterocycles. The lowest BCUT2D eigenvalue weighted by Gasteiger charge is -2.14. The predicted molar refractivity (Wildman–Crippen MR) is 120 cm³/mol. The van der Waals surface area contributed by atoms with Gasteiger partial charge in [-0.15, -0.1) is 10.2 Å². The van der Waals surface area contributed by atoms with Crippen molar-refractivity contribution in [2.45, 2.75) is 31.5 Å². The summed E-state index contributed by atoms with van der Waals surface area (Å²) in [4.78, 5) is 12.6. The Hall–Kier alpha value is -3.29. The quantitative estimate of drug-likeness (QED) is 0.345. The van der Waals surface area contributed by atoms with Gasteiger partial charge in [-0.05, 0) is 49.6 Å². The van der Waals surface area contributed by atoms with Gasteiger partial charge < -0.3 is 4.57 Å². The van der Waals surface area contributed by atoms with Gasteiger partial charge in [-0.1, -0.05) is 36.5 Å². The number of nitrogens with one attached hydrogen (secondary N) is 1. The van der Waals surface area contributed by atoms with E-state index in [-0.39, 0.29) is 15.0 Å². The van der Waals surface area contributed by atoms with Crippen LogP contribution in [0.2, 0.25) is 0 Å². The zero-order valence-corrected chi connectivity index (χ0v) is 19.1. The second-order valence-electron chi connectivity index (χ2n) is 6.91. The molecule has 0 saturated heterocycles. The maximum absolute atomic E-state index is 12.6. The molecule has 31 heavy (non-hydrogen) atoms. The number of aryl methyl sites for hydroxylation is 2. The second-order valence-corrected chi connectivity index (χ2v) is 10.1. The van der Waals surface area contributed by atoms with Gasteiger partial charge in [0.2, 0.25) is 19.3 Å². The number of nitrogens with zero attached hydrogens (tertiary/aromatic N) is 4. The van der Waals surface area contributed by atoms with Gasteiger partial charge in [0.25, 0.3) is 5.91 Å². The fourth-order valence-electron chi connectivity index (χ4n) is 3.21. The van der Waals surface area contributed by atoms with Gasteiger partial charge >= 0.3 is 0 Å². The van der Waals surface area contributed by atoms with Gasteiger partial charge in [0, 0.05) is 23.3 Å². The van der Waals surface area contributed by atoms with Gasteiger partial charge in [-0.2, -0.15) is 5.26 Å². The van der Waals surface area contributed by atoms with Crippen molar-refractivity contribution in [2.24, 2.45) is 0 Å². The first-order chi connectivity index (χ1) is 14.7. The van der Waals surface area contributed by atoms with E-state index >= 15 is 0 Å². The largest absolute Gasteiger partial charge is 0.318 e. The molecule has 10 heteroatoms. The Balaban J connectivity index is 1.94. The van der Waals surface area contributed by atoms with Gasteiger partial charge in [-0.3, -0.25) is 10.1 Å². The molecule has 0 fully saturated rings. The summed E-state index contributed by atoms with van der Waals surface area (Å²) < 4.78 is 24.9. The van der Waals surface area contributed by atoms with Crippen molar-refractivity contribution >= 4 is 38.3 Å². The van der Waals surface area contributed by atoms with Crippen molar-refractivity contribution in [3.05, 3.63) is 58.4 Å². The number of carbonyl (C=O) groups is 1. The van der Waals surface area contributed by atoms with Crippen molar-refractivity contribution in [3.63, 3.8) is 0 Å². The molecule has 1 N–H and O–H groups in total. The average molecular weight is 456 g/mol. The van der Waals surface area contributed by atoms with Crippen molar-refractivity contribution in [2.75, 3.05) is 11.6 Å². The van der Waals surface area contributed by atoms with Crippen LogP contribution < -0.4 is 5.32 Å². The van der Waals surface area contributed by atoms with E-state index in [1.807, 2.05) is 44.2 Å². The first kappa shape index (κ1) is 22.4. The Morgan fingerprint density at radius 1 is 1.29 bits per heavy atom. The summed E-state index contributed by atoms with van der Waals surface area (Å²) in [6, 6.07) is 11.9. The van der Waals surface area contributed by atoms with Gasteiger partial charge in [0.1, 0.15) is 11.6 Å². The first-order valence-electron chi connectivity index (χ1n) is 9.39. The summed E-state index contributed by atoms with van der Waals surface area (Å²) in [5, 5.41) is 19.2. The molecule has 0 saturated carbocycles. The van der Waals surface area contributed by atoms with Crippen LogP contribution in [0, 0.1) is 25.2 Å². The Kier molecular flexibility index (Phi) is 6.38. The van der Waals surface area contributed by atoms with E-state index < -0.39 is 15.7 Å². The average Bonchev–Trinajstić information content (AvgIpc) is 3.30. The molecular weight excluding hydrogens is 434 g/mol. The van der Waals surface area contributed by atoms with Crippen molar-refractivity contribution in [3.8, 4) is 11.8 Å². The Morgan fingerprint density at radius 3 is 2.61 bits per heavy atom. The zero-order chi connectivity index (χ0) is 22.8. The topological polar surface area (TPSA) is 118 Å². The standard InChI is InChI=1S/C21H21N5O3S2/c1-5-15-8-6-7-9-18(15)26-13(2)10-16(14(26)3)11-17(12-22)19(27)23-20-24-25-21(30-20)31(4,28)29/h6-11H,5H2,1-4H3,(H,23,24,27)/b17-11-. The molecule has 0 bridgehead atoms. The first-order valence-corrected chi connectivity index (χ1v) is 12.1. The molecule has 0 unspecified atom stereocenters. The van der Waals surface area contributed by atoms with E-state index in [0.29, 0.717) is 0 Å². The smallest absolute Gasteiger partial charge is 0.268 e. The minimum atomic E-state index is -3.52. The summed E-state index contributed by atoms with van der Waals surface area (Å²) in [7, 11) is -3.52. The lowest BCUT2D eigenvalue weighted by molar-refractivity contribution is -0.112. The molecule has 3 aromatic rings. The van der Waals surface area contributed by atoms with Crippen LogP contribution in [0.15, 0.2) is 40.2 Å². The van der Waals surface area contributed by atoms with Crippen molar-refractivity contribution < 1.29 is 13.2 Å². The predicted octanol–water partition coefficient (Wildman–Crippen LogP) is 3.46. The number of hydrogen-bond donors (Lipinski definition) is 1. The summed E-state index contributed by atoms with van der Waals surface area (Å²) in [5.41, 5.74) is 4.74. The van der Waals surface area contributed by atoms with Crippen LogP contribution in [-0.2, 0) is 21.1 Å². The third-order valence-electron chi connectivity index (χ3n) is 4.69. The lowest BCUT2D eigenvalue weighted by Crippen LogP contribution is -2.13. The van der Waals surface area contributed by atoms with Gasteiger partial charge in [0.05, 0.1) is 0 Å². The lowest BCUT2D eigenvalue weighted by atomic mass is 10.1. The van der Waals surface area contributed by atoms with Gasteiger partial charge in [0.15, 0.2) is 0 Å². The van der Waals surface area contributed by atoms with Gasteiger partial charge in [-0.25, -0.2) is 8.42 Å². The fraction of sp³-hybridized carbons (Fsp3) is 0.238. The third kappa shape index (κ3) is 4.73. The van der Waals surface area contributed by atoms with Crippen molar-refractivity contribution in [1.82, 2.24) is 14.8 Å². The molecule has 0 aliphatic heterocycles. The Morgan fingerprint density at radius 2 is 2.00 bits per heavy atom. The Bertz CT molecular complexity index is 1330. The van der Waals surface area contributed by atoms with E-state index in [2.05, 4.69) is 33.1 Å². The van der Waals surface area contributed by atoms with Crippen LogP contribution in [0.4, 0.5) is 5.13 Å². The SMILES string of the molecule is CCc1ccccc1-n1c(C)cc(/C=C(/C#N)C(=O)Nc2nnc(S(C)(=O)=O)s2)c1C. The molecule has 0 radical (unpaired) electrons. The van der Waals surface area contributed by atoms with Crippen LogP contribution in [0.5, 0.6) is 0 Å². The highest BCUT2D eigenvalue weighted by Gasteiger charge is 2.19. The molecule has 0 atom stereocenters. The second kappa shape index (κ2) is 8.83. The highest BCUT2D eigenvalue weighted by atomic mass is 32.2. The number of carbonyl (C=O) groups excluding carboxylic acids is 1. The number of para-hydroxylation sites is 1. The van der Waals surface area contributed by atoms with Crippen LogP contribution in [0.1, 0.15) is 29.4 Å². The number of hydrogen-bond acceptors (Lipinski definition) is 7. The molecule has 8 nitrogen and oxygen atoms in total.